The quantitative estimate of drug-likeness (QED) is 0.577. The summed E-state index contributed by atoms with van der Waals surface area (Å²) in [5.74, 6) is 0. The van der Waals surface area contributed by atoms with Crippen molar-refractivity contribution < 1.29 is 0 Å². The van der Waals surface area contributed by atoms with E-state index in [0.717, 1.165) is 5.69 Å². The van der Waals surface area contributed by atoms with Crippen molar-refractivity contribution in [3.8, 4) is 0 Å². The number of halogens is 1. The Kier molecular flexibility index (Phi) is 1.68. The zero-order valence-electron chi connectivity index (χ0n) is 5.37. The molecular weight excluding hydrogens is 146 g/mol. The summed E-state index contributed by atoms with van der Waals surface area (Å²) in [5, 5.41) is 0. The molecule has 0 saturated carbocycles. The number of hydrogen-bond donors (Lipinski definition) is 1. The van der Waals surface area contributed by atoms with Gasteiger partial charge in [0.1, 0.15) is 0 Å². The first kappa shape index (κ1) is 7.16. The Morgan fingerprint density at radius 2 is 1.70 bits per heavy atom. The van der Waals surface area contributed by atoms with E-state index >= 15 is 0 Å². The lowest BCUT2D eigenvalue weighted by Gasteiger charge is -2.09. The Morgan fingerprint density at radius 3 is 2.10 bits per heavy atom. The lowest BCUT2D eigenvalue weighted by Crippen LogP contribution is -1.91. The van der Waals surface area contributed by atoms with E-state index < -0.39 is 0 Å². The Morgan fingerprint density at radius 1 is 1.00 bits per heavy atom. The van der Waals surface area contributed by atoms with Gasteiger partial charge in [0.15, 0.2) is 0 Å². The van der Waals surface area contributed by atoms with Gasteiger partial charge in [-0.05, 0) is 23.3 Å². The molecule has 10 heavy (non-hydrogen) atoms. The number of benzene rings is 1. The van der Waals surface area contributed by atoms with Crippen LogP contribution in [0.5, 0.6) is 0 Å². The minimum Gasteiger partial charge on any atom is -0.399 e. The molecule has 1 aromatic rings. The highest BCUT2D eigenvalue weighted by Crippen LogP contribution is 2.24. The van der Waals surface area contributed by atoms with E-state index in [1.165, 1.54) is 11.1 Å². The van der Waals surface area contributed by atoms with E-state index in [1.54, 1.807) is 0 Å². The number of nitrogen functional groups attached to an aromatic ring is 1. The van der Waals surface area contributed by atoms with Gasteiger partial charge >= 0.3 is 0 Å². The van der Waals surface area contributed by atoms with Gasteiger partial charge < -0.3 is 5.73 Å². The highest BCUT2D eigenvalue weighted by atomic mass is 35.5. The van der Waals surface area contributed by atoms with Gasteiger partial charge in [0.2, 0.25) is 0 Å². The predicted octanol–water partition coefficient (Wildman–Crippen LogP) is 2.17. The highest BCUT2D eigenvalue weighted by Gasteiger charge is 2.02. The Balaban J connectivity index is 0.000000500. The summed E-state index contributed by atoms with van der Waals surface area (Å²) in [6.07, 6.45) is 4.14. The third kappa shape index (κ3) is 0.888. The second-order valence-electron chi connectivity index (χ2n) is 2.22. The van der Waals surface area contributed by atoms with Gasteiger partial charge in [-0.1, -0.05) is 18.2 Å². The molecule has 0 fully saturated rings. The fraction of sp³-hybridized carbons (Fsp3) is 0. The lowest BCUT2D eigenvalue weighted by atomic mass is 9.98. The van der Waals surface area contributed by atoms with Crippen molar-refractivity contribution in [1.29, 1.82) is 0 Å². The van der Waals surface area contributed by atoms with E-state index in [4.69, 9.17) is 5.73 Å². The van der Waals surface area contributed by atoms with Crippen molar-refractivity contribution in [2.75, 3.05) is 5.73 Å². The first-order chi connectivity index (χ1) is 4.36. The monoisotopic (exact) mass is 153 g/mol. The van der Waals surface area contributed by atoms with Crippen molar-refractivity contribution in [3.63, 3.8) is 0 Å². The number of nitrogens with two attached hydrogens (primary N) is 1. The summed E-state index contributed by atoms with van der Waals surface area (Å²) >= 11 is 0. The first-order valence-corrected chi connectivity index (χ1v) is 2.94. The lowest BCUT2D eigenvalue weighted by molar-refractivity contribution is 1.57. The average molecular weight is 154 g/mol. The Hall–Kier alpha value is -0.950. The SMILES string of the molecule is Cl.Nc1ccc2c(c1)C=C2. The van der Waals surface area contributed by atoms with Gasteiger partial charge in [-0.3, -0.25) is 0 Å². The van der Waals surface area contributed by atoms with E-state index in [-0.39, 0.29) is 12.4 Å². The Labute approximate surface area is 66.0 Å². The number of anilines is 1. The van der Waals surface area contributed by atoms with Crippen LogP contribution in [0, 0.1) is 0 Å². The minimum atomic E-state index is 0. The van der Waals surface area contributed by atoms with Crippen LogP contribution in [-0.4, -0.2) is 0 Å². The summed E-state index contributed by atoms with van der Waals surface area (Å²) in [6.45, 7) is 0. The number of hydrogen-bond acceptors (Lipinski definition) is 1. The van der Waals surface area contributed by atoms with Crippen LogP contribution < -0.4 is 5.73 Å². The molecule has 1 nitrogen and oxygen atoms in total. The van der Waals surface area contributed by atoms with Crippen LogP contribution in [0.25, 0.3) is 12.2 Å². The van der Waals surface area contributed by atoms with Crippen molar-refractivity contribution in [2.45, 2.75) is 0 Å². The Bertz CT molecular complexity index is 279. The first-order valence-electron chi connectivity index (χ1n) is 2.94. The van der Waals surface area contributed by atoms with Crippen LogP contribution in [-0.2, 0) is 0 Å². The van der Waals surface area contributed by atoms with Crippen molar-refractivity contribution >= 4 is 30.2 Å². The molecule has 0 heterocycles. The van der Waals surface area contributed by atoms with Gasteiger partial charge in [0.05, 0.1) is 0 Å². The van der Waals surface area contributed by atoms with Crippen LogP contribution in [0.4, 0.5) is 5.69 Å². The van der Waals surface area contributed by atoms with E-state index in [2.05, 4.69) is 12.2 Å². The molecule has 0 atom stereocenters. The molecule has 0 amide bonds. The van der Waals surface area contributed by atoms with Crippen molar-refractivity contribution in [1.82, 2.24) is 0 Å². The predicted molar refractivity (Wildman–Crippen MR) is 47.0 cm³/mol. The van der Waals surface area contributed by atoms with E-state index in [1.807, 2.05) is 18.2 Å². The zero-order valence-corrected chi connectivity index (χ0v) is 6.19. The zero-order chi connectivity index (χ0) is 6.27. The molecule has 1 aliphatic carbocycles. The van der Waals surface area contributed by atoms with Crippen LogP contribution in [0.15, 0.2) is 18.2 Å². The van der Waals surface area contributed by atoms with Crippen molar-refractivity contribution in [2.24, 2.45) is 0 Å². The molecular formula is C8H8ClN. The summed E-state index contributed by atoms with van der Waals surface area (Å²) in [5.41, 5.74) is 8.93. The smallest absolute Gasteiger partial charge is 0.0320 e. The largest absolute Gasteiger partial charge is 0.399 e. The highest BCUT2D eigenvalue weighted by molar-refractivity contribution is 5.86. The van der Waals surface area contributed by atoms with Gasteiger partial charge in [-0.25, -0.2) is 0 Å². The van der Waals surface area contributed by atoms with E-state index in [0.29, 0.717) is 0 Å². The molecule has 0 spiro atoms. The topological polar surface area (TPSA) is 26.0 Å². The summed E-state index contributed by atoms with van der Waals surface area (Å²) in [7, 11) is 0. The molecule has 0 aromatic heterocycles. The molecule has 0 saturated heterocycles. The maximum absolute atomic E-state index is 5.53. The molecule has 2 heteroatoms. The molecule has 0 radical (unpaired) electrons. The van der Waals surface area contributed by atoms with Crippen LogP contribution in [0.1, 0.15) is 11.1 Å². The number of fused-ring (bicyclic) bond motifs is 1. The summed E-state index contributed by atoms with van der Waals surface area (Å²) < 4.78 is 0. The molecule has 2 rings (SSSR count). The maximum atomic E-state index is 5.53. The molecule has 52 valence electrons. The fourth-order valence-electron chi connectivity index (χ4n) is 0.973. The number of rotatable bonds is 0. The summed E-state index contributed by atoms with van der Waals surface area (Å²) in [4.78, 5) is 0. The van der Waals surface area contributed by atoms with Crippen LogP contribution in [0.2, 0.25) is 0 Å². The van der Waals surface area contributed by atoms with Gasteiger partial charge in [-0.2, -0.15) is 0 Å². The standard InChI is InChI=1S/C8H7N.ClH/c9-8-4-3-6-1-2-7(6)5-8;/h1-5H,9H2;1H. The molecule has 0 aliphatic heterocycles. The van der Waals surface area contributed by atoms with Crippen LogP contribution in [0.3, 0.4) is 0 Å². The fourth-order valence-corrected chi connectivity index (χ4v) is 0.973. The van der Waals surface area contributed by atoms with Gasteiger partial charge in [0, 0.05) is 5.69 Å². The molecule has 2 N–H and O–H groups in total. The molecule has 0 bridgehead atoms. The second kappa shape index (κ2) is 2.35. The van der Waals surface area contributed by atoms with E-state index in [9.17, 15) is 0 Å². The van der Waals surface area contributed by atoms with Gasteiger partial charge in [0.25, 0.3) is 0 Å². The molecule has 0 unspecified atom stereocenters. The maximum Gasteiger partial charge on any atom is 0.0320 e. The third-order valence-electron chi connectivity index (χ3n) is 1.55. The average Bonchev–Trinajstić information content (AvgIpc) is 1.78. The second-order valence-corrected chi connectivity index (χ2v) is 2.22. The molecule has 1 aromatic carbocycles. The normalized spacial score (nSPS) is 11.2. The molecule has 1 aliphatic rings. The summed E-state index contributed by atoms with van der Waals surface area (Å²) in [6, 6.07) is 5.93. The minimum absolute atomic E-state index is 0. The van der Waals surface area contributed by atoms with Crippen molar-refractivity contribution in [3.05, 3.63) is 29.3 Å². The third-order valence-corrected chi connectivity index (χ3v) is 1.55. The van der Waals surface area contributed by atoms with Crippen LogP contribution >= 0.6 is 12.4 Å². The van der Waals surface area contributed by atoms with Gasteiger partial charge in [-0.15, -0.1) is 12.4 Å².